The van der Waals surface area contributed by atoms with Gasteiger partial charge in [0, 0.05) is 32.2 Å². The second-order valence-electron chi connectivity index (χ2n) is 6.47. The number of rotatable bonds is 5. The first-order valence-electron chi connectivity index (χ1n) is 8.73. The van der Waals surface area contributed by atoms with Crippen LogP contribution in [0.3, 0.4) is 0 Å². The molecule has 2 unspecified atom stereocenters. The summed E-state index contributed by atoms with van der Waals surface area (Å²) in [6.07, 6.45) is 2.07. The third kappa shape index (κ3) is 4.62. The van der Waals surface area contributed by atoms with Crippen molar-refractivity contribution in [3.05, 3.63) is 10.9 Å². The van der Waals surface area contributed by atoms with Crippen LogP contribution in [0.5, 0.6) is 0 Å². The first-order valence-corrected chi connectivity index (χ1v) is 10.4. The number of amides is 1. The van der Waals surface area contributed by atoms with Gasteiger partial charge in [-0.2, -0.15) is 0 Å². The van der Waals surface area contributed by atoms with Crippen LogP contribution in [-0.4, -0.2) is 48.0 Å². The van der Waals surface area contributed by atoms with Gasteiger partial charge in [0.2, 0.25) is 0 Å². The highest BCUT2D eigenvalue weighted by Crippen LogP contribution is 2.36. The lowest BCUT2D eigenvalue weighted by Crippen LogP contribution is -2.49. The zero-order valence-electron chi connectivity index (χ0n) is 15.4. The van der Waals surface area contributed by atoms with E-state index in [1.54, 1.807) is 11.3 Å². The summed E-state index contributed by atoms with van der Waals surface area (Å²) in [7, 11) is 0. The van der Waals surface area contributed by atoms with E-state index in [0.29, 0.717) is 12.5 Å². The maximum Gasteiger partial charge on any atom is 0.264 e. The normalized spacial score (nSPS) is 19.8. The van der Waals surface area contributed by atoms with Crippen molar-refractivity contribution < 1.29 is 4.79 Å². The number of carbonyl (C=O) groups is 1. The highest BCUT2D eigenvalue weighted by Gasteiger charge is 2.30. The molecule has 3 rings (SSSR count). The number of likely N-dealkylation sites (tertiary alicyclic amines) is 1. The Morgan fingerprint density at radius 3 is 2.62 bits per heavy atom. The molecule has 0 saturated carbocycles. The molecule has 2 N–H and O–H groups in total. The highest BCUT2D eigenvalue weighted by atomic mass is 35.5. The molecule has 1 saturated heterocycles. The van der Waals surface area contributed by atoms with Crippen LogP contribution in [0.15, 0.2) is 6.07 Å². The van der Waals surface area contributed by atoms with Crippen molar-refractivity contribution in [3.63, 3.8) is 0 Å². The fourth-order valence-electron chi connectivity index (χ4n) is 3.34. The molecule has 26 heavy (non-hydrogen) atoms. The van der Waals surface area contributed by atoms with Crippen molar-refractivity contribution in [1.29, 1.82) is 0 Å². The van der Waals surface area contributed by atoms with E-state index in [9.17, 15) is 4.79 Å². The molecule has 1 amide bonds. The molecule has 0 spiro atoms. The van der Waals surface area contributed by atoms with E-state index in [1.165, 1.54) is 11.3 Å². The van der Waals surface area contributed by atoms with E-state index in [4.69, 9.17) is 10.7 Å². The number of hydrogen-bond acceptors (Lipinski definition) is 6. The average Bonchev–Trinajstić information content (AvgIpc) is 3.14. The summed E-state index contributed by atoms with van der Waals surface area (Å²) < 4.78 is 1.11. The maximum atomic E-state index is 12.9. The number of anilines is 1. The number of carbonyl (C=O) groups excluding carboxylic acids is 1. The summed E-state index contributed by atoms with van der Waals surface area (Å²) in [5, 5.41) is 1.05. The molecule has 148 valence electrons. The van der Waals surface area contributed by atoms with Crippen molar-refractivity contribution in [3.8, 4) is 0 Å². The van der Waals surface area contributed by atoms with Gasteiger partial charge in [0.25, 0.3) is 5.91 Å². The van der Waals surface area contributed by atoms with Gasteiger partial charge < -0.3 is 15.5 Å². The Morgan fingerprint density at radius 2 is 2.04 bits per heavy atom. The Labute approximate surface area is 175 Å². The number of thiophene rings is 1. The van der Waals surface area contributed by atoms with Crippen LogP contribution in [0.4, 0.5) is 5.13 Å². The molecule has 1 aliphatic heterocycles. The van der Waals surface area contributed by atoms with Gasteiger partial charge in [-0.15, -0.1) is 36.2 Å². The number of hydrogen-bond donors (Lipinski definition) is 1. The molecule has 3 heterocycles. The fraction of sp³-hybridized carbons (Fsp3) is 0.647. The van der Waals surface area contributed by atoms with Gasteiger partial charge in [-0.25, -0.2) is 4.98 Å². The number of fused-ring (bicyclic) bond motifs is 1. The lowest BCUT2D eigenvalue weighted by Gasteiger charge is -2.37. The van der Waals surface area contributed by atoms with Crippen LogP contribution in [-0.2, 0) is 0 Å². The molecule has 2 atom stereocenters. The van der Waals surface area contributed by atoms with Crippen molar-refractivity contribution in [2.75, 3.05) is 31.1 Å². The van der Waals surface area contributed by atoms with Crippen molar-refractivity contribution in [1.82, 2.24) is 9.88 Å². The lowest BCUT2D eigenvalue weighted by molar-refractivity contribution is 0.0579. The topological polar surface area (TPSA) is 62.5 Å². The van der Waals surface area contributed by atoms with Crippen molar-refractivity contribution >= 4 is 68.1 Å². The Morgan fingerprint density at radius 1 is 1.35 bits per heavy atom. The Balaban J connectivity index is 0.00000169. The predicted octanol–water partition coefficient (Wildman–Crippen LogP) is 4.25. The van der Waals surface area contributed by atoms with Crippen molar-refractivity contribution in [2.24, 2.45) is 11.7 Å². The zero-order valence-corrected chi connectivity index (χ0v) is 18.7. The van der Waals surface area contributed by atoms with Crippen LogP contribution >= 0.6 is 47.5 Å². The minimum Gasteiger partial charge on any atom is -0.349 e. The van der Waals surface area contributed by atoms with Gasteiger partial charge in [0.1, 0.15) is 4.83 Å². The summed E-state index contributed by atoms with van der Waals surface area (Å²) in [4.78, 5) is 23.6. The molecule has 0 radical (unpaired) electrons. The SMILES string of the molecule is CCN(CC)c1nc2sc(C(=O)N3CCC(C)CC3CN)cc2s1.Cl.Cl. The Kier molecular flexibility index (Phi) is 9.09. The predicted molar refractivity (Wildman–Crippen MR) is 118 cm³/mol. The molecule has 0 aliphatic carbocycles. The molecule has 2 aromatic rings. The van der Waals surface area contributed by atoms with E-state index in [1.807, 2.05) is 11.0 Å². The van der Waals surface area contributed by atoms with Crippen LogP contribution in [0, 0.1) is 5.92 Å². The van der Waals surface area contributed by atoms with Crippen LogP contribution in [0.2, 0.25) is 0 Å². The molecule has 0 bridgehead atoms. The average molecular weight is 439 g/mol. The van der Waals surface area contributed by atoms with Crippen molar-refractivity contribution in [2.45, 2.75) is 39.7 Å². The smallest absolute Gasteiger partial charge is 0.264 e. The quantitative estimate of drug-likeness (QED) is 0.757. The molecular weight excluding hydrogens is 411 g/mol. The summed E-state index contributed by atoms with van der Waals surface area (Å²) in [5.41, 5.74) is 5.90. The van der Waals surface area contributed by atoms with Gasteiger partial charge in [0.05, 0.1) is 9.58 Å². The number of aromatic nitrogens is 1. The van der Waals surface area contributed by atoms with E-state index in [0.717, 1.165) is 52.0 Å². The summed E-state index contributed by atoms with van der Waals surface area (Å²) in [6.45, 7) is 9.77. The number of nitrogens with zero attached hydrogens (tertiary/aromatic N) is 3. The summed E-state index contributed by atoms with van der Waals surface area (Å²) >= 11 is 3.19. The number of thiazole rings is 1. The van der Waals surface area contributed by atoms with Crippen LogP contribution in [0.25, 0.3) is 9.53 Å². The number of piperidine rings is 1. The van der Waals surface area contributed by atoms with E-state index in [-0.39, 0.29) is 36.8 Å². The molecular formula is C17H28Cl2N4OS2. The minimum atomic E-state index is 0. The first-order chi connectivity index (χ1) is 11.6. The summed E-state index contributed by atoms with van der Waals surface area (Å²) in [6, 6.07) is 2.18. The molecule has 2 aromatic heterocycles. The van der Waals surface area contributed by atoms with Gasteiger partial charge in [0.15, 0.2) is 5.13 Å². The van der Waals surface area contributed by atoms with Gasteiger partial charge in [-0.3, -0.25) is 4.79 Å². The van der Waals surface area contributed by atoms with E-state index < -0.39 is 0 Å². The third-order valence-electron chi connectivity index (χ3n) is 4.83. The van der Waals surface area contributed by atoms with Crippen LogP contribution in [0.1, 0.15) is 43.3 Å². The lowest BCUT2D eigenvalue weighted by atomic mass is 9.92. The number of nitrogens with two attached hydrogens (primary N) is 1. The molecule has 1 fully saturated rings. The van der Waals surface area contributed by atoms with E-state index >= 15 is 0 Å². The Hall–Kier alpha value is -0.600. The Bertz CT molecular complexity index is 685. The zero-order chi connectivity index (χ0) is 17.3. The van der Waals surface area contributed by atoms with Gasteiger partial charge >= 0.3 is 0 Å². The molecule has 0 aromatic carbocycles. The van der Waals surface area contributed by atoms with Crippen LogP contribution < -0.4 is 10.6 Å². The van der Waals surface area contributed by atoms with E-state index in [2.05, 4.69) is 25.7 Å². The second-order valence-corrected chi connectivity index (χ2v) is 8.51. The van der Waals surface area contributed by atoms with Gasteiger partial charge in [-0.05, 0) is 38.7 Å². The maximum absolute atomic E-state index is 12.9. The number of halogens is 2. The molecule has 9 heteroatoms. The summed E-state index contributed by atoms with van der Waals surface area (Å²) in [5.74, 6) is 0.768. The first kappa shape index (κ1) is 23.4. The third-order valence-corrected chi connectivity index (χ3v) is 7.04. The van der Waals surface area contributed by atoms with Gasteiger partial charge in [-0.1, -0.05) is 18.3 Å². The fourth-order valence-corrected chi connectivity index (χ4v) is 5.64. The standard InChI is InChI=1S/C17H26N4OS2.2ClH/c1-4-20(5-2)17-19-15-13(24-17)9-14(23-15)16(22)21-7-6-11(3)8-12(21)10-18;;/h9,11-12H,4-8,10,18H2,1-3H3;2*1H. The molecule has 5 nitrogen and oxygen atoms in total. The highest BCUT2D eigenvalue weighted by molar-refractivity contribution is 7.29. The minimum absolute atomic E-state index is 0. The second kappa shape index (κ2) is 10.1. The molecule has 1 aliphatic rings. The monoisotopic (exact) mass is 438 g/mol. The largest absolute Gasteiger partial charge is 0.349 e.